The van der Waals surface area contributed by atoms with Gasteiger partial charge in [-0.15, -0.1) is 0 Å². The van der Waals surface area contributed by atoms with Gasteiger partial charge in [-0.2, -0.15) is 0 Å². The third-order valence-electron chi connectivity index (χ3n) is 3.39. The van der Waals surface area contributed by atoms with Crippen molar-refractivity contribution >= 4 is 0 Å². The summed E-state index contributed by atoms with van der Waals surface area (Å²) >= 11 is 0. The molecule has 0 aromatic heterocycles. The zero-order chi connectivity index (χ0) is 15.1. The molecule has 3 nitrogen and oxygen atoms in total. The average molecular weight is 289 g/mol. The second kappa shape index (κ2) is 7.76. The third kappa shape index (κ3) is 4.55. The van der Waals surface area contributed by atoms with Gasteiger partial charge in [-0.05, 0) is 18.1 Å². The number of nitrogens with one attached hydrogen (secondary N) is 1. The molecule has 0 saturated carbocycles. The molecule has 2 N–H and O–H groups in total. The first-order chi connectivity index (χ1) is 10.2. The average Bonchev–Trinajstić information content (AvgIpc) is 2.53. The molecule has 1 atom stereocenters. The van der Waals surface area contributed by atoms with Crippen molar-refractivity contribution in [3.05, 3.63) is 65.5 Å². The van der Waals surface area contributed by atoms with Crippen LogP contribution in [0.25, 0.3) is 0 Å². The van der Waals surface area contributed by atoms with Crippen molar-refractivity contribution in [1.82, 2.24) is 5.32 Å². The van der Waals surface area contributed by atoms with Crippen molar-refractivity contribution in [2.45, 2.75) is 19.0 Å². The monoisotopic (exact) mass is 289 g/mol. The van der Waals surface area contributed by atoms with E-state index in [0.717, 1.165) is 5.56 Å². The number of ether oxygens (including phenoxy) is 1. The van der Waals surface area contributed by atoms with Crippen molar-refractivity contribution in [3.63, 3.8) is 0 Å². The Bertz CT molecular complexity index is 560. The van der Waals surface area contributed by atoms with Gasteiger partial charge in [-0.25, -0.2) is 4.39 Å². The summed E-state index contributed by atoms with van der Waals surface area (Å²) < 4.78 is 18.8. The fourth-order valence-corrected chi connectivity index (χ4v) is 2.15. The van der Waals surface area contributed by atoms with E-state index in [1.165, 1.54) is 13.2 Å². The smallest absolute Gasteiger partial charge is 0.131 e. The maximum Gasteiger partial charge on any atom is 0.131 e. The molecule has 2 aromatic rings. The van der Waals surface area contributed by atoms with Gasteiger partial charge in [-0.1, -0.05) is 36.4 Å². The molecule has 4 heteroatoms. The van der Waals surface area contributed by atoms with Gasteiger partial charge < -0.3 is 15.2 Å². The number of hydrogen-bond acceptors (Lipinski definition) is 3. The molecule has 1 unspecified atom stereocenters. The van der Waals surface area contributed by atoms with Crippen molar-refractivity contribution in [2.24, 2.45) is 0 Å². The molecule has 0 fully saturated rings. The van der Waals surface area contributed by atoms with Crippen LogP contribution in [0.2, 0.25) is 0 Å². The Labute approximate surface area is 124 Å². The molecule has 2 rings (SSSR count). The molecule has 0 aliphatic carbocycles. The van der Waals surface area contributed by atoms with E-state index in [4.69, 9.17) is 4.74 Å². The first kappa shape index (κ1) is 15.5. The van der Waals surface area contributed by atoms with Gasteiger partial charge in [0.05, 0.1) is 13.7 Å². The van der Waals surface area contributed by atoms with Gasteiger partial charge in [0, 0.05) is 24.2 Å². The molecule has 0 saturated heterocycles. The van der Waals surface area contributed by atoms with Crippen LogP contribution >= 0.6 is 0 Å². The van der Waals surface area contributed by atoms with Crippen molar-refractivity contribution < 1.29 is 14.2 Å². The van der Waals surface area contributed by atoms with E-state index < -0.39 is 0 Å². The van der Waals surface area contributed by atoms with E-state index in [0.29, 0.717) is 24.3 Å². The summed E-state index contributed by atoms with van der Waals surface area (Å²) in [6.45, 7) is 0.376. The number of methoxy groups -OCH3 is 1. The van der Waals surface area contributed by atoms with Gasteiger partial charge in [0.15, 0.2) is 0 Å². The number of aliphatic hydroxyl groups is 1. The highest BCUT2D eigenvalue weighted by atomic mass is 19.1. The zero-order valence-corrected chi connectivity index (χ0v) is 12.1. The molecule has 112 valence electrons. The number of rotatable bonds is 7. The quantitative estimate of drug-likeness (QED) is 0.823. The van der Waals surface area contributed by atoms with Crippen LogP contribution < -0.4 is 10.1 Å². The van der Waals surface area contributed by atoms with E-state index in [-0.39, 0.29) is 18.5 Å². The second-order valence-corrected chi connectivity index (χ2v) is 4.91. The Hall–Kier alpha value is -1.91. The van der Waals surface area contributed by atoms with Gasteiger partial charge >= 0.3 is 0 Å². The lowest BCUT2D eigenvalue weighted by atomic mass is 10.1. The van der Waals surface area contributed by atoms with E-state index in [1.807, 2.05) is 30.3 Å². The van der Waals surface area contributed by atoms with E-state index in [9.17, 15) is 9.50 Å². The second-order valence-electron chi connectivity index (χ2n) is 4.91. The summed E-state index contributed by atoms with van der Waals surface area (Å²) in [5.74, 6) is 0.192. The topological polar surface area (TPSA) is 41.5 Å². The molecule has 0 amide bonds. The van der Waals surface area contributed by atoms with E-state index >= 15 is 0 Å². The fourth-order valence-electron chi connectivity index (χ4n) is 2.15. The summed E-state index contributed by atoms with van der Waals surface area (Å²) in [6, 6.07) is 14.6. The molecule has 0 aliphatic heterocycles. The Balaban J connectivity index is 1.94. The first-order valence-corrected chi connectivity index (χ1v) is 6.93. The van der Waals surface area contributed by atoms with E-state index in [1.54, 1.807) is 12.1 Å². The number of benzene rings is 2. The minimum atomic E-state index is -0.307. The molecule has 0 bridgehead atoms. The summed E-state index contributed by atoms with van der Waals surface area (Å²) in [5, 5.41) is 12.6. The van der Waals surface area contributed by atoms with Gasteiger partial charge in [0.2, 0.25) is 0 Å². The Morgan fingerprint density at radius 2 is 1.95 bits per heavy atom. The van der Waals surface area contributed by atoms with Gasteiger partial charge in [-0.3, -0.25) is 0 Å². The molecular formula is C17H20FNO2. The number of aliphatic hydroxyl groups excluding tert-OH is 1. The molecule has 2 aromatic carbocycles. The SMILES string of the molecule is COc1ccc(CNC(CO)Cc2ccccc2)c(F)c1. The fraction of sp³-hybridized carbons (Fsp3) is 0.294. The predicted octanol–water partition coefficient (Wildman–Crippen LogP) is 2.53. The van der Waals surface area contributed by atoms with Crippen LogP contribution in [0.3, 0.4) is 0 Å². The van der Waals surface area contributed by atoms with Crippen LogP contribution in [0.1, 0.15) is 11.1 Å². The molecule has 0 spiro atoms. The van der Waals surface area contributed by atoms with Crippen LogP contribution in [-0.4, -0.2) is 24.9 Å². The highest BCUT2D eigenvalue weighted by Gasteiger charge is 2.10. The summed E-state index contributed by atoms with van der Waals surface area (Å²) in [4.78, 5) is 0. The van der Waals surface area contributed by atoms with Gasteiger partial charge in [0.25, 0.3) is 0 Å². The van der Waals surface area contributed by atoms with Gasteiger partial charge in [0.1, 0.15) is 11.6 Å². The summed E-state index contributed by atoms with van der Waals surface area (Å²) in [6.07, 6.45) is 0.703. The van der Waals surface area contributed by atoms with Crippen LogP contribution in [0.4, 0.5) is 4.39 Å². The van der Waals surface area contributed by atoms with Crippen molar-refractivity contribution in [3.8, 4) is 5.75 Å². The largest absolute Gasteiger partial charge is 0.497 e. The minimum absolute atomic E-state index is 0.00662. The lowest BCUT2D eigenvalue weighted by Crippen LogP contribution is -2.34. The Morgan fingerprint density at radius 1 is 1.19 bits per heavy atom. The molecule has 0 aliphatic rings. The Kier molecular flexibility index (Phi) is 5.72. The maximum atomic E-state index is 13.8. The molecule has 0 heterocycles. The maximum absolute atomic E-state index is 13.8. The summed E-state index contributed by atoms with van der Waals surface area (Å²) in [5.41, 5.74) is 1.70. The predicted molar refractivity (Wildman–Crippen MR) is 80.8 cm³/mol. The zero-order valence-electron chi connectivity index (χ0n) is 12.1. The number of hydrogen-bond donors (Lipinski definition) is 2. The van der Waals surface area contributed by atoms with Crippen molar-refractivity contribution in [1.29, 1.82) is 0 Å². The third-order valence-corrected chi connectivity index (χ3v) is 3.39. The highest BCUT2D eigenvalue weighted by molar-refractivity contribution is 5.28. The summed E-state index contributed by atoms with van der Waals surface area (Å²) in [7, 11) is 1.51. The minimum Gasteiger partial charge on any atom is -0.497 e. The lowest BCUT2D eigenvalue weighted by Gasteiger charge is -2.17. The lowest BCUT2D eigenvalue weighted by molar-refractivity contribution is 0.240. The van der Waals surface area contributed by atoms with Crippen molar-refractivity contribution in [2.75, 3.05) is 13.7 Å². The Morgan fingerprint density at radius 3 is 2.57 bits per heavy atom. The normalized spacial score (nSPS) is 12.1. The standard InChI is InChI=1S/C17H20FNO2/c1-21-16-8-7-14(17(18)10-16)11-19-15(12-20)9-13-5-3-2-4-6-13/h2-8,10,15,19-20H,9,11-12H2,1H3. The molecule has 21 heavy (non-hydrogen) atoms. The van der Waals surface area contributed by atoms with E-state index in [2.05, 4.69) is 5.32 Å². The molecule has 0 radical (unpaired) electrons. The van der Waals surface area contributed by atoms with Crippen LogP contribution in [0, 0.1) is 5.82 Å². The number of halogens is 1. The highest BCUT2D eigenvalue weighted by Crippen LogP contribution is 2.16. The molecular weight excluding hydrogens is 269 g/mol. The van der Waals surface area contributed by atoms with Crippen LogP contribution in [0.5, 0.6) is 5.75 Å². The van der Waals surface area contributed by atoms with Crippen LogP contribution in [-0.2, 0) is 13.0 Å². The van der Waals surface area contributed by atoms with Crippen LogP contribution in [0.15, 0.2) is 48.5 Å². The first-order valence-electron chi connectivity index (χ1n) is 6.93.